The van der Waals surface area contributed by atoms with Crippen LogP contribution in [-0.4, -0.2) is 10.9 Å². The maximum atomic E-state index is 12.7. The Morgan fingerprint density at radius 2 is 1.58 bits per heavy atom. The molecule has 33 heavy (non-hydrogen) atoms. The Hall–Kier alpha value is -3.12. The van der Waals surface area contributed by atoms with Crippen LogP contribution in [0.25, 0.3) is 0 Å². The molecule has 6 heteroatoms. The zero-order valence-corrected chi connectivity index (χ0v) is 20.7. The van der Waals surface area contributed by atoms with Gasteiger partial charge in [0.25, 0.3) is 5.69 Å². The van der Waals surface area contributed by atoms with Crippen molar-refractivity contribution in [3.63, 3.8) is 0 Å². The van der Waals surface area contributed by atoms with Gasteiger partial charge in [-0.2, -0.15) is 0 Å². The first kappa shape index (κ1) is 24.5. The first-order valence-electron chi connectivity index (χ1n) is 10.8. The Morgan fingerprint density at radius 1 is 0.970 bits per heavy atom. The molecule has 0 atom stereocenters. The van der Waals surface area contributed by atoms with Gasteiger partial charge >= 0.3 is 5.97 Å². The standard InChI is InChI=1S/C27H29NO4S/c1-17-7-10-22(11-8-17)33-25-12-9-20(15-24(25)28(30)31)26(29)32-16-23-18(2)13-21(14-19(23)3)27(4,5)6/h7-15H,16H2,1-6H3. The number of hydrogen-bond donors (Lipinski definition) is 0. The second-order valence-corrected chi connectivity index (χ2v) is 10.4. The number of ether oxygens (including phenoxy) is 1. The molecule has 0 aliphatic carbocycles. The van der Waals surface area contributed by atoms with Crippen molar-refractivity contribution < 1.29 is 14.5 Å². The molecule has 0 aliphatic rings. The molecule has 0 N–H and O–H groups in total. The lowest BCUT2D eigenvalue weighted by atomic mass is 9.84. The summed E-state index contributed by atoms with van der Waals surface area (Å²) in [5, 5.41) is 11.7. The summed E-state index contributed by atoms with van der Waals surface area (Å²) in [6.07, 6.45) is 0. The molecule has 0 bridgehead atoms. The van der Waals surface area contributed by atoms with Gasteiger partial charge in [-0.1, -0.05) is 62.4 Å². The maximum absolute atomic E-state index is 12.7. The lowest BCUT2D eigenvalue weighted by molar-refractivity contribution is -0.387. The minimum atomic E-state index is -0.580. The van der Waals surface area contributed by atoms with E-state index in [-0.39, 0.29) is 23.3 Å². The van der Waals surface area contributed by atoms with Gasteiger partial charge in [0.05, 0.1) is 15.4 Å². The number of rotatable bonds is 6. The number of benzene rings is 3. The Kier molecular flexibility index (Phi) is 7.28. The molecule has 0 unspecified atom stereocenters. The average molecular weight is 464 g/mol. The normalized spacial score (nSPS) is 11.3. The third kappa shape index (κ3) is 6.02. The Bertz CT molecular complexity index is 1170. The quantitative estimate of drug-likeness (QED) is 0.217. The molecule has 0 radical (unpaired) electrons. The van der Waals surface area contributed by atoms with Crippen molar-refractivity contribution in [3.05, 3.63) is 98.1 Å². The smallest absolute Gasteiger partial charge is 0.338 e. The fourth-order valence-electron chi connectivity index (χ4n) is 3.48. The molecule has 3 rings (SSSR count). The number of carbonyl (C=O) groups excluding carboxylic acids is 1. The highest BCUT2D eigenvalue weighted by Crippen LogP contribution is 2.35. The van der Waals surface area contributed by atoms with E-state index in [0.717, 1.165) is 27.1 Å². The molecule has 0 spiro atoms. The summed E-state index contributed by atoms with van der Waals surface area (Å²) in [4.78, 5) is 25.3. The SMILES string of the molecule is Cc1ccc(Sc2ccc(C(=O)OCc3c(C)cc(C(C)(C)C)cc3C)cc2[N+](=O)[O-])cc1. The van der Waals surface area contributed by atoms with Crippen LogP contribution in [0.15, 0.2) is 64.4 Å². The van der Waals surface area contributed by atoms with Crippen molar-refractivity contribution in [2.45, 2.75) is 63.4 Å². The zero-order valence-electron chi connectivity index (χ0n) is 19.9. The summed E-state index contributed by atoms with van der Waals surface area (Å²) in [7, 11) is 0. The van der Waals surface area contributed by atoms with Gasteiger partial charge < -0.3 is 4.74 Å². The topological polar surface area (TPSA) is 69.4 Å². The van der Waals surface area contributed by atoms with E-state index < -0.39 is 10.9 Å². The summed E-state index contributed by atoms with van der Waals surface area (Å²) in [5.41, 5.74) is 5.50. The van der Waals surface area contributed by atoms with Gasteiger partial charge in [-0.05, 0) is 72.7 Å². The number of aryl methyl sites for hydroxylation is 3. The van der Waals surface area contributed by atoms with Crippen LogP contribution in [0.2, 0.25) is 0 Å². The number of nitrogens with zero attached hydrogens (tertiary/aromatic N) is 1. The predicted octanol–water partition coefficient (Wildman–Crippen LogP) is 7.33. The lowest BCUT2D eigenvalue weighted by Crippen LogP contribution is -2.13. The molecule has 0 saturated carbocycles. The third-order valence-corrected chi connectivity index (χ3v) is 6.62. The van der Waals surface area contributed by atoms with Crippen LogP contribution < -0.4 is 0 Å². The predicted molar refractivity (Wildman–Crippen MR) is 132 cm³/mol. The Balaban J connectivity index is 1.78. The van der Waals surface area contributed by atoms with Crippen molar-refractivity contribution in [1.29, 1.82) is 0 Å². The van der Waals surface area contributed by atoms with Crippen LogP contribution in [0.5, 0.6) is 0 Å². The highest BCUT2D eigenvalue weighted by molar-refractivity contribution is 7.99. The van der Waals surface area contributed by atoms with E-state index in [4.69, 9.17) is 4.74 Å². The number of nitro benzene ring substituents is 1. The largest absolute Gasteiger partial charge is 0.457 e. The molecule has 0 heterocycles. The van der Waals surface area contributed by atoms with E-state index >= 15 is 0 Å². The Labute approximate surface area is 199 Å². The summed E-state index contributed by atoms with van der Waals surface area (Å²) in [6.45, 7) is 12.6. The minimum absolute atomic E-state index is 0.0298. The van der Waals surface area contributed by atoms with E-state index in [1.54, 1.807) is 12.1 Å². The summed E-state index contributed by atoms with van der Waals surface area (Å²) < 4.78 is 5.54. The van der Waals surface area contributed by atoms with Crippen LogP contribution in [0.1, 0.15) is 58.9 Å². The molecule has 0 saturated heterocycles. The van der Waals surface area contributed by atoms with Gasteiger partial charge in [0.2, 0.25) is 0 Å². The zero-order chi connectivity index (χ0) is 24.3. The molecular weight excluding hydrogens is 434 g/mol. The van der Waals surface area contributed by atoms with Crippen molar-refractivity contribution >= 4 is 23.4 Å². The fourth-order valence-corrected chi connectivity index (χ4v) is 4.38. The average Bonchev–Trinajstić information content (AvgIpc) is 2.74. The van der Waals surface area contributed by atoms with Crippen molar-refractivity contribution in [1.82, 2.24) is 0 Å². The van der Waals surface area contributed by atoms with Crippen molar-refractivity contribution in [2.75, 3.05) is 0 Å². The van der Waals surface area contributed by atoms with E-state index in [1.807, 2.05) is 45.0 Å². The molecule has 0 aliphatic heterocycles. The van der Waals surface area contributed by atoms with E-state index in [0.29, 0.717) is 4.90 Å². The molecule has 0 aromatic heterocycles. The third-order valence-electron chi connectivity index (χ3n) is 5.55. The minimum Gasteiger partial charge on any atom is -0.457 e. The van der Waals surface area contributed by atoms with Crippen molar-refractivity contribution in [3.8, 4) is 0 Å². The monoisotopic (exact) mass is 463 g/mol. The lowest BCUT2D eigenvalue weighted by Gasteiger charge is -2.22. The fraction of sp³-hybridized carbons (Fsp3) is 0.296. The number of esters is 1. The number of nitro groups is 1. The van der Waals surface area contributed by atoms with Gasteiger partial charge in [-0.3, -0.25) is 10.1 Å². The van der Waals surface area contributed by atoms with Crippen LogP contribution in [-0.2, 0) is 16.8 Å². The van der Waals surface area contributed by atoms with E-state index in [2.05, 4.69) is 32.9 Å². The highest BCUT2D eigenvalue weighted by Gasteiger charge is 2.21. The van der Waals surface area contributed by atoms with Crippen molar-refractivity contribution in [2.24, 2.45) is 0 Å². The molecule has 3 aromatic rings. The molecule has 5 nitrogen and oxygen atoms in total. The number of carbonyl (C=O) groups is 1. The first-order valence-corrected chi connectivity index (χ1v) is 11.6. The van der Waals surface area contributed by atoms with Gasteiger partial charge in [-0.15, -0.1) is 0 Å². The van der Waals surface area contributed by atoms with Gasteiger partial charge in [0.1, 0.15) is 6.61 Å². The number of hydrogen-bond acceptors (Lipinski definition) is 5. The Morgan fingerprint density at radius 3 is 2.12 bits per heavy atom. The van der Waals surface area contributed by atoms with Crippen LogP contribution in [0, 0.1) is 30.9 Å². The molecule has 0 amide bonds. The second-order valence-electron chi connectivity index (χ2n) is 9.27. The van der Waals surface area contributed by atoms with Crippen LogP contribution in [0.4, 0.5) is 5.69 Å². The van der Waals surface area contributed by atoms with Crippen LogP contribution >= 0.6 is 11.8 Å². The first-order chi connectivity index (χ1) is 15.5. The summed E-state index contributed by atoms with van der Waals surface area (Å²) >= 11 is 1.30. The van der Waals surface area contributed by atoms with Gasteiger partial charge in [-0.25, -0.2) is 4.79 Å². The van der Waals surface area contributed by atoms with Crippen LogP contribution in [0.3, 0.4) is 0 Å². The highest BCUT2D eigenvalue weighted by atomic mass is 32.2. The summed E-state index contributed by atoms with van der Waals surface area (Å²) in [5.74, 6) is -0.580. The molecule has 0 fully saturated rings. The summed E-state index contributed by atoms with van der Waals surface area (Å²) in [6, 6.07) is 16.5. The van der Waals surface area contributed by atoms with Gasteiger partial charge in [0.15, 0.2) is 0 Å². The van der Waals surface area contributed by atoms with Gasteiger partial charge in [0, 0.05) is 11.0 Å². The molecular formula is C27H29NO4S. The van der Waals surface area contributed by atoms with E-state index in [9.17, 15) is 14.9 Å². The second kappa shape index (κ2) is 9.79. The maximum Gasteiger partial charge on any atom is 0.338 e. The molecule has 3 aromatic carbocycles. The molecule has 172 valence electrons. The van der Waals surface area contributed by atoms with E-state index in [1.165, 1.54) is 23.4 Å².